The van der Waals surface area contributed by atoms with Crippen molar-refractivity contribution in [1.82, 2.24) is 0 Å². The van der Waals surface area contributed by atoms with Gasteiger partial charge >= 0.3 is 5.97 Å². The summed E-state index contributed by atoms with van der Waals surface area (Å²) in [5, 5.41) is 0. The lowest BCUT2D eigenvalue weighted by molar-refractivity contribution is -0.142. The third kappa shape index (κ3) is 4.66. The van der Waals surface area contributed by atoms with Crippen LogP contribution in [0.2, 0.25) is 0 Å². The Morgan fingerprint density at radius 3 is 1.77 bits per heavy atom. The van der Waals surface area contributed by atoms with Crippen LogP contribution in [0.3, 0.4) is 0 Å². The number of ether oxygens (including phenoxy) is 1. The number of hydrogen-bond donors (Lipinski definition) is 0. The second kappa shape index (κ2) is 9.59. The fraction of sp³-hybridized carbons (Fsp3) is 0.348. The van der Waals surface area contributed by atoms with Gasteiger partial charge in [0.15, 0.2) is 11.6 Å². The molecule has 0 radical (unpaired) electrons. The number of carbonyl (C=O) groups excluding carboxylic acids is 3. The van der Waals surface area contributed by atoms with Crippen LogP contribution in [0.4, 0.5) is 11.4 Å². The van der Waals surface area contributed by atoms with E-state index in [0.29, 0.717) is 17.6 Å². The largest absolute Gasteiger partial charge is 0.463 e. The molecular formula is C23H25IN2O4. The third-order valence-electron chi connectivity index (χ3n) is 5.35. The molecule has 158 valence electrons. The van der Waals surface area contributed by atoms with Crippen LogP contribution in [-0.4, -0.2) is 56.3 Å². The molecule has 1 aliphatic rings. The number of Topliss-reactive ketones (excluding diaryl/α,β-unsaturated/α-hetero) is 2. The van der Waals surface area contributed by atoms with Gasteiger partial charge < -0.3 is 14.5 Å². The van der Waals surface area contributed by atoms with Crippen molar-refractivity contribution in [2.75, 3.05) is 48.5 Å². The van der Waals surface area contributed by atoms with Gasteiger partial charge in [0.2, 0.25) is 0 Å². The lowest BCUT2D eigenvalue weighted by Gasteiger charge is -2.33. The highest BCUT2D eigenvalue weighted by Crippen LogP contribution is 2.41. The van der Waals surface area contributed by atoms with Gasteiger partial charge in [-0.2, -0.15) is 0 Å². The van der Waals surface area contributed by atoms with E-state index >= 15 is 0 Å². The minimum atomic E-state index is -0.688. The van der Waals surface area contributed by atoms with Gasteiger partial charge in [0, 0.05) is 32.5 Å². The molecule has 6 nitrogen and oxygen atoms in total. The summed E-state index contributed by atoms with van der Waals surface area (Å²) in [6.45, 7) is 0.877. The van der Waals surface area contributed by atoms with Crippen molar-refractivity contribution in [1.29, 1.82) is 0 Å². The van der Waals surface area contributed by atoms with E-state index in [0.717, 1.165) is 22.5 Å². The molecule has 0 amide bonds. The van der Waals surface area contributed by atoms with Gasteiger partial charge in [0.05, 0.1) is 11.0 Å². The maximum Gasteiger partial charge on any atom is 0.315 e. The molecule has 0 N–H and O–H groups in total. The van der Waals surface area contributed by atoms with Crippen LogP contribution in [0.1, 0.15) is 23.0 Å². The van der Waals surface area contributed by atoms with Crippen LogP contribution in [0.5, 0.6) is 0 Å². The molecular weight excluding hydrogens is 495 g/mol. The van der Waals surface area contributed by atoms with Crippen LogP contribution in [0.15, 0.2) is 48.5 Å². The summed E-state index contributed by atoms with van der Waals surface area (Å²) >= 11 is 1.97. The van der Waals surface area contributed by atoms with E-state index in [4.69, 9.17) is 4.74 Å². The Labute approximate surface area is 190 Å². The van der Waals surface area contributed by atoms with Crippen molar-refractivity contribution in [3.63, 3.8) is 0 Å². The number of anilines is 2. The molecule has 2 aromatic carbocycles. The second-order valence-electron chi connectivity index (χ2n) is 7.52. The highest BCUT2D eigenvalue weighted by Gasteiger charge is 2.50. The van der Waals surface area contributed by atoms with E-state index in [2.05, 4.69) is 0 Å². The minimum Gasteiger partial charge on any atom is -0.463 e. The van der Waals surface area contributed by atoms with E-state index in [1.807, 2.05) is 102 Å². The third-order valence-corrected chi connectivity index (χ3v) is 5.97. The molecule has 0 spiro atoms. The molecule has 1 aliphatic carbocycles. The van der Waals surface area contributed by atoms with E-state index in [1.165, 1.54) is 0 Å². The van der Waals surface area contributed by atoms with Gasteiger partial charge in [-0.15, -0.1) is 0 Å². The number of esters is 1. The summed E-state index contributed by atoms with van der Waals surface area (Å²) in [6, 6.07) is 15.0. The van der Waals surface area contributed by atoms with E-state index < -0.39 is 11.8 Å². The van der Waals surface area contributed by atoms with Crippen LogP contribution in [0, 0.1) is 0 Å². The maximum absolute atomic E-state index is 12.8. The van der Waals surface area contributed by atoms with E-state index in [-0.39, 0.29) is 17.5 Å². The number of likely N-dealkylation sites (N-methyl/N-ethyl adjacent to an activating group) is 1. The average Bonchev–Trinajstić information content (AvgIpc) is 2.74. The number of ketones is 2. The minimum absolute atomic E-state index is 0.0515. The van der Waals surface area contributed by atoms with Gasteiger partial charge in [-0.25, -0.2) is 0 Å². The SMILES string of the molecule is CN(C)c1ccc(C2C(=O)C(c3ccc(N(C)CCOC(=O)CI)cc3)C2=O)cc1. The molecule has 3 rings (SSSR count). The standard InChI is InChI=1S/C23H25IN2O4/c1-25(2)17-8-4-15(5-9-17)20-22(28)21(23(20)29)16-6-10-18(11-7-16)26(3)12-13-30-19(27)14-24/h4-11,20-21H,12-14H2,1-3H3. The number of halogens is 1. The second-order valence-corrected chi connectivity index (χ2v) is 8.29. The number of hydrogen-bond acceptors (Lipinski definition) is 6. The molecule has 2 aromatic rings. The maximum atomic E-state index is 12.8. The Balaban J connectivity index is 1.62. The Morgan fingerprint density at radius 2 is 1.33 bits per heavy atom. The highest BCUT2D eigenvalue weighted by atomic mass is 127. The lowest BCUT2D eigenvalue weighted by atomic mass is 9.66. The molecule has 0 heterocycles. The Bertz CT molecular complexity index is 909. The van der Waals surface area contributed by atoms with Gasteiger partial charge in [-0.1, -0.05) is 46.9 Å². The molecule has 0 saturated heterocycles. The molecule has 0 bridgehead atoms. The van der Waals surface area contributed by atoms with Crippen LogP contribution < -0.4 is 9.80 Å². The molecule has 1 fully saturated rings. The number of nitrogens with zero attached hydrogens (tertiary/aromatic N) is 2. The average molecular weight is 520 g/mol. The van der Waals surface area contributed by atoms with Gasteiger partial charge in [0.1, 0.15) is 18.4 Å². The van der Waals surface area contributed by atoms with Gasteiger partial charge in [-0.3, -0.25) is 14.4 Å². The zero-order valence-electron chi connectivity index (χ0n) is 17.3. The van der Waals surface area contributed by atoms with E-state index in [1.54, 1.807) is 0 Å². The van der Waals surface area contributed by atoms with Crippen molar-refractivity contribution < 1.29 is 19.1 Å². The summed E-state index contributed by atoms with van der Waals surface area (Å²) in [5.74, 6) is -1.69. The fourth-order valence-corrected chi connectivity index (χ4v) is 3.75. The topological polar surface area (TPSA) is 66.9 Å². The van der Waals surface area contributed by atoms with Crippen molar-refractivity contribution in [3.05, 3.63) is 59.7 Å². The lowest BCUT2D eigenvalue weighted by Crippen LogP contribution is -2.44. The van der Waals surface area contributed by atoms with E-state index in [9.17, 15) is 14.4 Å². The van der Waals surface area contributed by atoms with Crippen LogP contribution in [0.25, 0.3) is 0 Å². The molecule has 0 aliphatic heterocycles. The molecule has 30 heavy (non-hydrogen) atoms. The molecule has 1 saturated carbocycles. The zero-order valence-corrected chi connectivity index (χ0v) is 19.5. The van der Waals surface area contributed by atoms with Crippen molar-refractivity contribution in [3.8, 4) is 0 Å². The summed E-state index contributed by atoms with van der Waals surface area (Å²) < 4.78 is 5.43. The van der Waals surface area contributed by atoms with Crippen molar-refractivity contribution in [2.24, 2.45) is 0 Å². The quantitative estimate of drug-likeness (QED) is 0.231. The zero-order chi connectivity index (χ0) is 21.8. The van der Waals surface area contributed by atoms with Gasteiger partial charge in [0.25, 0.3) is 0 Å². The molecule has 0 unspecified atom stereocenters. The molecule has 0 atom stereocenters. The Hall–Kier alpha value is -2.42. The monoisotopic (exact) mass is 520 g/mol. The number of carbonyl (C=O) groups is 3. The fourth-order valence-electron chi connectivity index (χ4n) is 3.52. The predicted octanol–water partition coefficient (Wildman–Crippen LogP) is 3.19. The normalized spacial score (nSPS) is 18.0. The molecule has 7 heteroatoms. The first kappa shape index (κ1) is 22.3. The summed E-state index contributed by atoms with van der Waals surface area (Å²) in [7, 11) is 5.80. The first-order valence-electron chi connectivity index (χ1n) is 9.71. The Kier molecular flexibility index (Phi) is 7.12. The predicted molar refractivity (Wildman–Crippen MR) is 126 cm³/mol. The smallest absolute Gasteiger partial charge is 0.315 e. The summed E-state index contributed by atoms with van der Waals surface area (Å²) in [4.78, 5) is 40.7. The van der Waals surface area contributed by atoms with Crippen LogP contribution >= 0.6 is 22.6 Å². The summed E-state index contributed by atoms with van der Waals surface area (Å²) in [5.41, 5.74) is 3.43. The molecule has 0 aromatic heterocycles. The number of benzene rings is 2. The number of alkyl halides is 1. The highest BCUT2D eigenvalue weighted by molar-refractivity contribution is 14.1. The summed E-state index contributed by atoms with van der Waals surface area (Å²) in [6.07, 6.45) is 0. The van der Waals surface area contributed by atoms with Crippen molar-refractivity contribution in [2.45, 2.75) is 11.8 Å². The van der Waals surface area contributed by atoms with Gasteiger partial charge in [-0.05, 0) is 35.4 Å². The number of rotatable bonds is 8. The first-order chi connectivity index (χ1) is 14.3. The van der Waals surface area contributed by atoms with Crippen LogP contribution in [-0.2, 0) is 19.1 Å². The van der Waals surface area contributed by atoms with Crippen molar-refractivity contribution >= 4 is 51.5 Å². The Morgan fingerprint density at radius 1 is 0.867 bits per heavy atom. The first-order valence-corrected chi connectivity index (χ1v) is 11.2.